The first-order chi connectivity index (χ1) is 7.29. The fourth-order valence-electron chi connectivity index (χ4n) is 1.86. The van der Waals surface area contributed by atoms with Crippen molar-refractivity contribution in [2.45, 2.75) is 58.9 Å². The van der Waals surface area contributed by atoms with E-state index in [4.69, 9.17) is 5.73 Å². The number of nitrogens with one attached hydrogen (secondary N) is 1. The molecule has 0 amide bonds. The second kappa shape index (κ2) is 10.4. The van der Waals surface area contributed by atoms with Gasteiger partial charge in [0.2, 0.25) is 0 Å². The van der Waals surface area contributed by atoms with Gasteiger partial charge in [-0.3, -0.25) is 5.43 Å². The third-order valence-electron chi connectivity index (χ3n) is 2.73. The van der Waals surface area contributed by atoms with Crippen LogP contribution in [0.5, 0.6) is 0 Å². The van der Waals surface area contributed by atoms with Gasteiger partial charge in [-0.2, -0.15) is 0 Å². The minimum absolute atomic E-state index is 0.677. The first kappa shape index (κ1) is 14.9. The highest BCUT2D eigenvalue weighted by molar-refractivity contribution is 4.67. The van der Waals surface area contributed by atoms with E-state index in [-0.39, 0.29) is 0 Å². The van der Waals surface area contributed by atoms with Crippen molar-refractivity contribution in [3.8, 4) is 0 Å². The quantitative estimate of drug-likeness (QED) is 0.549. The third kappa shape index (κ3) is 6.88. The lowest BCUT2D eigenvalue weighted by Crippen LogP contribution is -2.47. The Bertz CT molecular complexity index is 128. The van der Waals surface area contributed by atoms with Gasteiger partial charge in [-0.05, 0) is 19.3 Å². The molecule has 0 aliphatic rings. The fraction of sp³-hybridized carbons (Fsp3) is 1.00. The predicted molar refractivity (Wildman–Crippen MR) is 67.7 cm³/mol. The lowest BCUT2D eigenvalue weighted by molar-refractivity contribution is 0.113. The molecule has 0 heterocycles. The standard InChI is InChI=1S/C12H29N3/c1-4-7-8-12(6-3)15(11-5-2)14-10-9-13/h12,14H,4-11,13H2,1-3H3. The van der Waals surface area contributed by atoms with Crippen LogP contribution in [0.2, 0.25) is 0 Å². The van der Waals surface area contributed by atoms with E-state index in [9.17, 15) is 0 Å². The van der Waals surface area contributed by atoms with Crippen molar-refractivity contribution in [3.05, 3.63) is 0 Å². The summed E-state index contributed by atoms with van der Waals surface area (Å²) in [6.07, 6.45) is 6.32. The highest BCUT2D eigenvalue weighted by Gasteiger charge is 2.14. The number of nitrogens with zero attached hydrogens (tertiary/aromatic N) is 1. The summed E-state index contributed by atoms with van der Waals surface area (Å²) in [7, 11) is 0. The lowest BCUT2D eigenvalue weighted by Gasteiger charge is -2.31. The van der Waals surface area contributed by atoms with Crippen LogP contribution in [0, 0.1) is 0 Å². The van der Waals surface area contributed by atoms with Gasteiger partial charge in [0.25, 0.3) is 0 Å². The Morgan fingerprint density at radius 1 is 1.20 bits per heavy atom. The van der Waals surface area contributed by atoms with E-state index in [0.717, 1.165) is 13.1 Å². The smallest absolute Gasteiger partial charge is 0.0240 e. The van der Waals surface area contributed by atoms with Gasteiger partial charge in [0.1, 0.15) is 0 Å². The largest absolute Gasteiger partial charge is 0.329 e. The van der Waals surface area contributed by atoms with E-state index in [1.165, 1.54) is 32.1 Å². The monoisotopic (exact) mass is 215 g/mol. The van der Waals surface area contributed by atoms with Crippen LogP contribution in [0.1, 0.15) is 52.9 Å². The number of hydrogen-bond acceptors (Lipinski definition) is 3. The van der Waals surface area contributed by atoms with Gasteiger partial charge >= 0.3 is 0 Å². The molecule has 3 N–H and O–H groups in total. The average molecular weight is 215 g/mol. The number of nitrogens with two attached hydrogens (primary N) is 1. The normalized spacial score (nSPS) is 13.4. The second-order valence-electron chi connectivity index (χ2n) is 4.09. The molecular formula is C12H29N3. The SMILES string of the molecule is CCCCC(CC)N(CCC)NCCN. The summed E-state index contributed by atoms with van der Waals surface area (Å²) in [5, 5.41) is 2.39. The number of hydrazine groups is 1. The van der Waals surface area contributed by atoms with Crippen molar-refractivity contribution in [2.24, 2.45) is 5.73 Å². The van der Waals surface area contributed by atoms with Crippen LogP contribution >= 0.6 is 0 Å². The topological polar surface area (TPSA) is 41.3 Å². The number of rotatable bonds is 10. The summed E-state index contributed by atoms with van der Waals surface area (Å²) in [5.41, 5.74) is 8.96. The van der Waals surface area contributed by atoms with Crippen LogP contribution < -0.4 is 11.2 Å². The predicted octanol–water partition coefficient (Wildman–Crippen LogP) is 2.13. The average Bonchev–Trinajstić information content (AvgIpc) is 2.26. The Kier molecular flexibility index (Phi) is 10.3. The van der Waals surface area contributed by atoms with Crippen molar-refractivity contribution in [1.82, 2.24) is 10.4 Å². The first-order valence-corrected chi connectivity index (χ1v) is 6.50. The molecule has 0 aromatic heterocycles. The van der Waals surface area contributed by atoms with Gasteiger partial charge in [0.15, 0.2) is 0 Å². The molecule has 3 heteroatoms. The summed E-state index contributed by atoms with van der Waals surface area (Å²) in [4.78, 5) is 0. The van der Waals surface area contributed by atoms with Crippen LogP contribution in [0.4, 0.5) is 0 Å². The maximum absolute atomic E-state index is 5.53. The van der Waals surface area contributed by atoms with E-state index in [1.807, 2.05) is 0 Å². The van der Waals surface area contributed by atoms with Crippen LogP contribution in [0.15, 0.2) is 0 Å². The van der Waals surface area contributed by atoms with Crippen molar-refractivity contribution in [1.29, 1.82) is 0 Å². The molecule has 0 fully saturated rings. The maximum atomic E-state index is 5.53. The minimum atomic E-state index is 0.677. The van der Waals surface area contributed by atoms with Crippen LogP contribution in [-0.2, 0) is 0 Å². The van der Waals surface area contributed by atoms with Crippen molar-refractivity contribution in [2.75, 3.05) is 19.6 Å². The van der Waals surface area contributed by atoms with E-state index < -0.39 is 0 Å². The molecule has 0 aliphatic heterocycles. The minimum Gasteiger partial charge on any atom is -0.329 e. The summed E-state index contributed by atoms with van der Waals surface area (Å²) >= 11 is 0. The summed E-state index contributed by atoms with van der Waals surface area (Å²) in [6.45, 7) is 9.48. The zero-order valence-corrected chi connectivity index (χ0v) is 10.8. The molecule has 15 heavy (non-hydrogen) atoms. The van der Waals surface area contributed by atoms with Gasteiger partial charge < -0.3 is 5.73 Å². The molecule has 0 saturated heterocycles. The molecule has 0 rings (SSSR count). The van der Waals surface area contributed by atoms with Crippen molar-refractivity contribution < 1.29 is 0 Å². The van der Waals surface area contributed by atoms with Gasteiger partial charge in [-0.25, -0.2) is 5.01 Å². The Morgan fingerprint density at radius 3 is 2.40 bits per heavy atom. The van der Waals surface area contributed by atoms with Crippen LogP contribution in [0.3, 0.4) is 0 Å². The van der Waals surface area contributed by atoms with Crippen LogP contribution in [-0.4, -0.2) is 30.7 Å². The number of unbranched alkanes of at least 4 members (excludes halogenated alkanes) is 1. The second-order valence-corrected chi connectivity index (χ2v) is 4.09. The Labute approximate surface area is 95.4 Å². The molecule has 1 atom stereocenters. The molecule has 1 unspecified atom stereocenters. The fourth-order valence-corrected chi connectivity index (χ4v) is 1.86. The molecule has 92 valence electrons. The zero-order valence-electron chi connectivity index (χ0n) is 10.8. The molecule has 3 nitrogen and oxygen atoms in total. The maximum Gasteiger partial charge on any atom is 0.0240 e. The number of hydrogen-bond donors (Lipinski definition) is 2. The zero-order chi connectivity index (χ0) is 11.5. The Hall–Kier alpha value is -0.120. The van der Waals surface area contributed by atoms with E-state index in [0.29, 0.717) is 12.6 Å². The Morgan fingerprint density at radius 2 is 1.93 bits per heavy atom. The third-order valence-corrected chi connectivity index (χ3v) is 2.73. The highest BCUT2D eigenvalue weighted by Crippen LogP contribution is 2.10. The van der Waals surface area contributed by atoms with Gasteiger partial charge in [-0.1, -0.05) is 33.6 Å². The first-order valence-electron chi connectivity index (χ1n) is 6.50. The van der Waals surface area contributed by atoms with E-state index >= 15 is 0 Å². The molecule has 0 spiro atoms. The molecular weight excluding hydrogens is 186 g/mol. The molecule has 0 aliphatic carbocycles. The molecule has 0 aromatic carbocycles. The van der Waals surface area contributed by atoms with Gasteiger partial charge in [0.05, 0.1) is 0 Å². The van der Waals surface area contributed by atoms with Crippen molar-refractivity contribution in [3.63, 3.8) is 0 Å². The molecule has 0 radical (unpaired) electrons. The van der Waals surface area contributed by atoms with Crippen LogP contribution in [0.25, 0.3) is 0 Å². The van der Waals surface area contributed by atoms with E-state index in [1.54, 1.807) is 0 Å². The lowest BCUT2D eigenvalue weighted by atomic mass is 10.1. The summed E-state index contributed by atoms with van der Waals surface area (Å²) in [5.74, 6) is 0. The molecule has 0 bridgehead atoms. The van der Waals surface area contributed by atoms with Gasteiger partial charge in [-0.15, -0.1) is 0 Å². The van der Waals surface area contributed by atoms with Crippen molar-refractivity contribution >= 4 is 0 Å². The van der Waals surface area contributed by atoms with E-state index in [2.05, 4.69) is 31.2 Å². The summed E-state index contributed by atoms with van der Waals surface area (Å²) in [6, 6.07) is 0.677. The molecule has 0 aromatic rings. The Balaban J connectivity index is 4.00. The summed E-state index contributed by atoms with van der Waals surface area (Å²) < 4.78 is 0. The highest BCUT2D eigenvalue weighted by atomic mass is 15.5. The van der Waals surface area contributed by atoms with Gasteiger partial charge in [0, 0.05) is 25.7 Å². The molecule has 0 saturated carbocycles.